The number of hydrogen-bond donors (Lipinski definition) is 2. The van der Waals surface area contributed by atoms with Gasteiger partial charge in [0.05, 0.1) is 4.92 Å². The number of benzene rings is 3. The van der Waals surface area contributed by atoms with Crippen LogP contribution >= 0.6 is 0 Å². The number of hydrogen-bond acceptors (Lipinski definition) is 6. The van der Waals surface area contributed by atoms with E-state index in [0.717, 1.165) is 5.56 Å². The highest BCUT2D eigenvalue weighted by atomic mass is 16.6. The van der Waals surface area contributed by atoms with Crippen LogP contribution in [0.25, 0.3) is 0 Å². The molecule has 9 heteroatoms. The molecular weight excluding hydrogens is 450 g/mol. The summed E-state index contributed by atoms with van der Waals surface area (Å²) in [6.07, 6.45) is -0.640. The van der Waals surface area contributed by atoms with Gasteiger partial charge in [-0.05, 0) is 23.3 Å². The Kier molecular flexibility index (Phi) is 8.66. The summed E-state index contributed by atoms with van der Waals surface area (Å²) in [4.78, 5) is 48.1. The number of ether oxygens (including phenoxy) is 1. The van der Waals surface area contributed by atoms with Crippen LogP contribution in [0.4, 0.5) is 5.69 Å². The number of amides is 2. The highest BCUT2D eigenvalue weighted by Crippen LogP contribution is 2.14. The van der Waals surface area contributed by atoms with Gasteiger partial charge in [-0.3, -0.25) is 24.5 Å². The standard InChI is InChI=1S/C26H25N3O6/c1-18(30)35-24(17-19-8-4-2-5-9-19)28-26(32)23(27-25(31)21-10-6-3-7-11-21)16-20-12-14-22(15-13-20)29(33)34/h2-15,23-24H,16-17H2,1H3,(H,27,31)(H,28,32)/t23-,24+/m0/s1. The second kappa shape index (κ2) is 12.1. The van der Waals surface area contributed by atoms with Crippen molar-refractivity contribution in [2.75, 3.05) is 0 Å². The van der Waals surface area contributed by atoms with E-state index >= 15 is 0 Å². The van der Waals surface area contributed by atoms with Crippen molar-refractivity contribution in [3.8, 4) is 0 Å². The average Bonchev–Trinajstić information content (AvgIpc) is 2.84. The van der Waals surface area contributed by atoms with Gasteiger partial charge < -0.3 is 15.4 Å². The molecule has 0 aliphatic carbocycles. The summed E-state index contributed by atoms with van der Waals surface area (Å²) in [5, 5.41) is 16.4. The van der Waals surface area contributed by atoms with E-state index in [2.05, 4.69) is 10.6 Å². The molecule has 3 rings (SSSR count). The van der Waals surface area contributed by atoms with Gasteiger partial charge in [0.1, 0.15) is 6.04 Å². The lowest BCUT2D eigenvalue weighted by Crippen LogP contribution is -2.52. The molecule has 0 spiro atoms. The molecule has 0 aromatic heterocycles. The van der Waals surface area contributed by atoms with Crippen LogP contribution in [0.2, 0.25) is 0 Å². The van der Waals surface area contributed by atoms with Crippen LogP contribution in [0.3, 0.4) is 0 Å². The molecule has 180 valence electrons. The van der Waals surface area contributed by atoms with Gasteiger partial charge in [0.15, 0.2) is 6.23 Å². The van der Waals surface area contributed by atoms with Crippen LogP contribution in [-0.2, 0) is 27.2 Å². The maximum absolute atomic E-state index is 13.2. The van der Waals surface area contributed by atoms with Crippen molar-refractivity contribution in [1.29, 1.82) is 0 Å². The molecule has 0 bridgehead atoms. The molecule has 0 fully saturated rings. The summed E-state index contributed by atoms with van der Waals surface area (Å²) in [7, 11) is 0. The molecule has 0 aliphatic heterocycles. The van der Waals surface area contributed by atoms with Gasteiger partial charge in [0, 0.05) is 37.5 Å². The highest BCUT2D eigenvalue weighted by molar-refractivity contribution is 5.97. The van der Waals surface area contributed by atoms with Crippen LogP contribution in [0.1, 0.15) is 28.4 Å². The fourth-order valence-electron chi connectivity index (χ4n) is 3.44. The second-order valence-corrected chi connectivity index (χ2v) is 7.82. The topological polar surface area (TPSA) is 128 Å². The highest BCUT2D eigenvalue weighted by Gasteiger charge is 2.26. The van der Waals surface area contributed by atoms with E-state index in [-0.39, 0.29) is 18.5 Å². The molecule has 0 saturated heterocycles. The SMILES string of the molecule is CC(=O)O[C@H](Cc1ccccc1)NC(=O)[C@H](Cc1ccc([N+](=O)[O-])cc1)NC(=O)c1ccccc1. The zero-order chi connectivity index (χ0) is 25.2. The Bertz CT molecular complexity index is 1170. The van der Waals surface area contributed by atoms with Gasteiger partial charge in [-0.1, -0.05) is 60.7 Å². The van der Waals surface area contributed by atoms with Crippen LogP contribution in [-0.4, -0.2) is 35.0 Å². The minimum atomic E-state index is -1.03. The van der Waals surface area contributed by atoms with Crippen molar-refractivity contribution >= 4 is 23.5 Å². The Labute approximate surface area is 202 Å². The van der Waals surface area contributed by atoms with Crippen molar-refractivity contribution in [3.05, 3.63) is 112 Å². The van der Waals surface area contributed by atoms with Crippen molar-refractivity contribution in [2.24, 2.45) is 0 Å². The minimum Gasteiger partial charge on any atom is -0.442 e. The zero-order valence-corrected chi connectivity index (χ0v) is 19.0. The molecule has 2 N–H and O–H groups in total. The van der Waals surface area contributed by atoms with Crippen LogP contribution in [0.5, 0.6) is 0 Å². The van der Waals surface area contributed by atoms with Crippen molar-refractivity contribution in [1.82, 2.24) is 10.6 Å². The van der Waals surface area contributed by atoms with Crippen molar-refractivity contribution in [3.63, 3.8) is 0 Å². The van der Waals surface area contributed by atoms with E-state index in [1.807, 2.05) is 30.3 Å². The number of nitro benzene ring substituents is 1. The quantitative estimate of drug-likeness (QED) is 0.201. The van der Waals surface area contributed by atoms with E-state index in [1.165, 1.54) is 31.2 Å². The third kappa shape index (κ3) is 7.78. The lowest BCUT2D eigenvalue weighted by Gasteiger charge is -2.23. The molecule has 2 amide bonds. The smallest absolute Gasteiger partial charge is 0.304 e. The zero-order valence-electron chi connectivity index (χ0n) is 19.0. The molecule has 9 nitrogen and oxygen atoms in total. The third-order valence-corrected chi connectivity index (χ3v) is 5.12. The Morgan fingerprint density at radius 2 is 1.40 bits per heavy atom. The van der Waals surface area contributed by atoms with Crippen LogP contribution in [0, 0.1) is 10.1 Å². The van der Waals surface area contributed by atoms with Gasteiger partial charge in [-0.15, -0.1) is 0 Å². The maximum Gasteiger partial charge on any atom is 0.304 e. The van der Waals surface area contributed by atoms with Gasteiger partial charge >= 0.3 is 5.97 Å². The van der Waals surface area contributed by atoms with E-state index in [9.17, 15) is 24.5 Å². The first-order valence-corrected chi connectivity index (χ1v) is 10.9. The number of carbonyl (C=O) groups excluding carboxylic acids is 3. The monoisotopic (exact) mass is 475 g/mol. The number of nitro groups is 1. The first-order chi connectivity index (χ1) is 16.8. The number of non-ortho nitro benzene ring substituents is 1. The third-order valence-electron chi connectivity index (χ3n) is 5.12. The first kappa shape index (κ1) is 25.1. The molecule has 0 aliphatic rings. The molecule has 0 radical (unpaired) electrons. The summed E-state index contributed by atoms with van der Waals surface area (Å²) in [6, 6.07) is 22.3. The lowest BCUT2D eigenvalue weighted by molar-refractivity contribution is -0.384. The normalized spacial score (nSPS) is 12.1. The minimum absolute atomic E-state index is 0.0700. The van der Waals surface area contributed by atoms with Gasteiger partial charge in [0.2, 0.25) is 5.91 Å². The predicted octanol–water partition coefficient (Wildman–Crippen LogP) is 3.18. The van der Waals surface area contributed by atoms with Gasteiger partial charge in [-0.2, -0.15) is 0 Å². The molecule has 35 heavy (non-hydrogen) atoms. The number of rotatable bonds is 10. The molecule has 0 heterocycles. The average molecular weight is 476 g/mol. The van der Waals surface area contributed by atoms with Gasteiger partial charge in [0.25, 0.3) is 11.6 Å². The Morgan fingerprint density at radius 3 is 1.97 bits per heavy atom. The van der Waals surface area contributed by atoms with Crippen molar-refractivity contribution < 1.29 is 24.0 Å². The summed E-state index contributed by atoms with van der Waals surface area (Å²) < 4.78 is 5.30. The largest absolute Gasteiger partial charge is 0.442 e. The second-order valence-electron chi connectivity index (χ2n) is 7.82. The first-order valence-electron chi connectivity index (χ1n) is 10.9. The summed E-state index contributed by atoms with van der Waals surface area (Å²) >= 11 is 0. The lowest BCUT2D eigenvalue weighted by atomic mass is 10.0. The Hall–Kier alpha value is -4.53. The summed E-state index contributed by atoms with van der Waals surface area (Å²) in [5.41, 5.74) is 1.74. The van der Waals surface area contributed by atoms with Crippen LogP contribution in [0.15, 0.2) is 84.9 Å². The Balaban J connectivity index is 1.80. The van der Waals surface area contributed by atoms with E-state index in [4.69, 9.17) is 4.74 Å². The van der Waals surface area contributed by atoms with Gasteiger partial charge in [-0.25, -0.2) is 0 Å². The van der Waals surface area contributed by atoms with E-state index < -0.39 is 35.0 Å². The molecule has 3 aromatic carbocycles. The fourth-order valence-corrected chi connectivity index (χ4v) is 3.44. The van der Waals surface area contributed by atoms with E-state index in [1.54, 1.807) is 30.3 Å². The molecule has 0 saturated carbocycles. The van der Waals surface area contributed by atoms with Crippen LogP contribution < -0.4 is 10.6 Å². The molecule has 2 atom stereocenters. The maximum atomic E-state index is 13.2. The van der Waals surface area contributed by atoms with E-state index in [0.29, 0.717) is 11.1 Å². The molecule has 3 aromatic rings. The predicted molar refractivity (Wildman–Crippen MR) is 128 cm³/mol. The number of carbonyl (C=O) groups is 3. The number of esters is 1. The fraction of sp³-hybridized carbons (Fsp3) is 0.192. The number of nitrogens with zero attached hydrogens (tertiary/aromatic N) is 1. The Morgan fingerprint density at radius 1 is 0.829 bits per heavy atom. The molecular formula is C26H25N3O6. The van der Waals surface area contributed by atoms with Crippen molar-refractivity contribution in [2.45, 2.75) is 32.0 Å². The summed E-state index contributed by atoms with van der Waals surface area (Å²) in [6.45, 7) is 1.25. The summed E-state index contributed by atoms with van der Waals surface area (Å²) in [5.74, 6) is -1.58. The molecule has 0 unspecified atom stereocenters. The number of nitrogens with one attached hydrogen (secondary N) is 2.